The molecule has 7 rings (SSSR count). The SMILES string of the molecule is CC1CCC2C(C1)C(C1CCCCC1C1CCCCC1)C1CCCCC1C2C1CCC2CCCCC2C1. The van der Waals surface area contributed by atoms with Gasteiger partial charge >= 0.3 is 0 Å². The third-order valence-corrected chi connectivity index (χ3v) is 14.8. The molecule has 0 bridgehead atoms. The minimum absolute atomic E-state index is 1.01. The van der Waals surface area contributed by atoms with Crippen molar-refractivity contribution in [3.05, 3.63) is 0 Å². The van der Waals surface area contributed by atoms with Crippen molar-refractivity contribution in [2.45, 2.75) is 155 Å². The standard InChI is InChI=1S/C37H62/c1-25-19-22-34-35(23-25)37(31-16-8-7-15-30(31)27-12-3-2-4-13-27)33-18-10-9-17-32(33)36(34)29-21-20-26-11-5-6-14-28(26)24-29/h25-37H,2-24H2,1H3. The second-order valence-corrected chi connectivity index (χ2v) is 16.4. The molecular weight excluding hydrogens is 444 g/mol. The Bertz CT molecular complexity index is 732. The van der Waals surface area contributed by atoms with E-state index in [9.17, 15) is 0 Å². The summed E-state index contributed by atoms with van der Waals surface area (Å²) in [6.07, 6.45) is 36.7. The highest BCUT2D eigenvalue weighted by atomic mass is 14.6. The first-order chi connectivity index (χ1) is 18.3. The van der Waals surface area contributed by atoms with Crippen molar-refractivity contribution < 1.29 is 0 Å². The lowest BCUT2D eigenvalue weighted by Gasteiger charge is -2.62. The molecule has 7 aliphatic carbocycles. The van der Waals surface area contributed by atoms with Crippen LogP contribution in [0.2, 0.25) is 0 Å². The molecule has 37 heavy (non-hydrogen) atoms. The Kier molecular flexibility index (Phi) is 8.04. The molecule has 0 spiro atoms. The summed E-state index contributed by atoms with van der Waals surface area (Å²) in [6.45, 7) is 2.65. The highest BCUT2D eigenvalue weighted by Gasteiger charge is 2.57. The Labute approximate surface area is 231 Å². The molecule has 0 N–H and O–H groups in total. The van der Waals surface area contributed by atoms with E-state index in [-0.39, 0.29) is 0 Å². The average molecular weight is 507 g/mol. The first kappa shape index (κ1) is 25.9. The third-order valence-electron chi connectivity index (χ3n) is 14.8. The van der Waals surface area contributed by atoms with Crippen LogP contribution in [-0.4, -0.2) is 0 Å². The molecule has 7 aliphatic rings. The maximum absolute atomic E-state index is 2.65. The Balaban J connectivity index is 1.20. The first-order valence-corrected chi connectivity index (χ1v) is 18.3. The smallest absolute Gasteiger partial charge is 0.0321 e. The number of rotatable bonds is 3. The zero-order valence-electron chi connectivity index (χ0n) is 24.8. The molecule has 0 nitrogen and oxygen atoms in total. The largest absolute Gasteiger partial charge is 0.0625 e. The first-order valence-electron chi connectivity index (χ1n) is 18.3. The number of hydrogen-bond acceptors (Lipinski definition) is 0. The van der Waals surface area contributed by atoms with E-state index in [1.165, 1.54) is 6.42 Å². The van der Waals surface area contributed by atoms with Crippen LogP contribution in [0.15, 0.2) is 0 Å². The molecule has 0 amide bonds. The lowest BCUT2D eigenvalue weighted by atomic mass is 9.43. The van der Waals surface area contributed by atoms with Gasteiger partial charge in [0.25, 0.3) is 0 Å². The van der Waals surface area contributed by atoms with Gasteiger partial charge in [-0.2, -0.15) is 0 Å². The van der Waals surface area contributed by atoms with E-state index in [2.05, 4.69) is 6.92 Å². The fourth-order valence-electron chi connectivity index (χ4n) is 13.6. The van der Waals surface area contributed by atoms with Crippen LogP contribution in [0.25, 0.3) is 0 Å². The van der Waals surface area contributed by atoms with Crippen LogP contribution in [0.3, 0.4) is 0 Å². The monoisotopic (exact) mass is 506 g/mol. The predicted octanol–water partition coefficient (Wildman–Crippen LogP) is 11.1. The quantitative estimate of drug-likeness (QED) is 0.357. The van der Waals surface area contributed by atoms with Crippen LogP contribution in [0.1, 0.15) is 155 Å². The molecule has 7 fully saturated rings. The van der Waals surface area contributed by atoms with Gasteiger partial charge in [-0.25, -0.2) is 0 Å². The van der Waals surface area contributed by atoms with Gasteiger partial charge in [0, 0.05) is 0 Å². The van der Waals surface area contributed by atoms with Crippen LogP contribution in [0.4, 0.5) is 0 Å². The van der Waals surface area contributed by atoms with Gasteiger partial charge in [0.1, 0.15) is 0 Å². The van der Waals surface area contributed by atoms with Gasteiger partial charge in [0.05, 0.1) is 0 Å². The molecule has 0 heterocycles. The van der Waals surface area contributed by atoms with Crippen molar-refractivity contribution in [1.82, 2.24) is 0 Å². The Hall–Kier alpha value is 0. The van der Waals surface area contributed by atoms with Gasteiger partial charge < -0.3 is 0 Å². The molecule has 0 aromatic carbocycles. The fourth-order valence-corrected chi connectivity index (χ4v) is 13.6. The normalized spacial score (nSPS) is 51.5. The van der Waals surface area contributed by atoms with Crippen molar-refractivity contribution in [2.75, 3.05) is 0 Å². The van der Waals surface area contributed by atoms with E-state index in [1.807, 2.05) is 0 Å². The highest BCUT2D eigenvalue weighted by molar-refractivity contribution is 5.06. The molecule has 12 atom stereocenters. The summed E-state index contributed by atoms with van der Waals surface area (Å²) >= 11 is 0. The summed E-state index contributed by atoms with van der Waals surface area (Å²) in [4.78, 5) is 0. The van der Waals surface area contributed by atoms with E-state index in [4.69, 9.17) is 0 Å². The fraction of sp³-hybridized carbons (Fsp3) is 1.00. The number of hydrogen-bond donors (Lipinski definition) is 0. The van der Waals surface area contributed by atoms with Crippen molar-refractivity contribution in [1.29, 1.82) is 0 Å². The Morgan fingerprint density at radius 2 is 0.811 bits per heavy atom. The Morgan fingerprint density at radius 3 is 1.57 bits per heavy atom. The van der Waals surface area contributed by atoms with Crippen molar-refractivity contribution >= 4 is 0 Å². The summed E-state index contributed by atoms with van der Waals surface area (Å²) in [7, 11) is 0. The summed E-state index contributed by atoms with van der Waals surface area (Å²) in [5, 5.41) is 0. The molecule has 0 aliphatic heterocycles. The molecule has 0 saturated heterocycles. The maximum atomic E-state index is 2.65. The van der Waals surface area contributed by atoms with Gasteiger partial charge in [-0.15, -0.1) is 0 Å². The Morgan fingerprint density at radius 1 is 0.297 bits per heavy atom. The van der Waals surface area contributed by atoms with E-state index in [1.54, 1.807) is 141 Å². The maximum Gasteiger partial charge on any atom is -0.0321 e. The second-order valence-electron chi connectivity index (χ2n) is 16.4. The zero-order valence-corrected chi connectivity index (χ0v) is 24.8. The van der Waals surface area contributed by atoms with E-state index < -0.39 is 0 Å². The lowest BCUT2D eigenvalue weighted by Crippen LogP contribution is -2.55. The summed E-state index contributed by atoms with van der Waals surface area (Å²) in [5.74, 6) is 14.5. The van der Waals surface area contributed by atoms with Crippen molar-refractivity contribution in [3.63, 3.8) is 0 Å². The molecule has 210 valence electrons. The highest BCUT2D eigenvalue weighted by Crippen LogP contribution is 2.64. The van der Waals surface area contributed by atoms with Gasteiger partial charge in [-0.3, -0.25) is 0 Å². The minimum atomic E-state index is 1.01. The lowest BCUT2D eigenvalue weighted by molar-refractivity contribution is -0.135. The molecular formula is C37H62. The van der Waals surface area contributed by atoms with Crippen molar-refractivity contribution in [2.24, 2.45) is 76.9 Å². The van der Waals surface area contributed by atoms with Crippen LogP contribution < -0.4 is 0 Å². The third kappa shape index (κ3) is 5.03. The zero-order chi connectivity index (χ0) is 24.8. The molecule has 0 aromatic rings. The van der Waals surface area contributed by atoms with Crippen LogP contribution in [-0.2, 0) is 0 Å². The summed E-state index contributed by atoms with van der Waals surface area (Å²) < 4.78 is 0. The van der Waals surface area contributed by atoms with Gasteiger partial charge in [-0.1, -0.05) is 96.8 Å². The topological polar surface area (TPSA) is 0 Å². The van der Waals surface area contributed by atoms with Crippen LogP contribution in [0.5, 0.6) is 0 Å². The average Bonchev–Trinajstić information content (AvgIpc) is 2.96. The predicted molar refractivity (Wildman–Crippen MR) is 157 cm³/mol. The van der Waals surface area contributed by atoms with E-state index >= 15 is 0 Å². The number of fused-ring (bicyclic) bond motifs is 3. The van der Waals surface area contributed by atoms with Crippen LogP contribution >= 0.6 is 0 Å². The summed E-state index contributed by atoms with van der Waals surface area (Å²) in [5.41, 5.74) is 0. The van der Waals surface area contributed by atoms with Gasteiger partial charge in [-0.05, 0) is 135 Å². The second kappa shape index (κ2) is 11.5. The molecule has 0 aromatic heterocycles. The van der Waals surface area contributed by atoms with E-state index in [0.717, 1.165) is 76.9 Å². The molecule has 12 unspecified atom stereocenters. The van der Waals surface area contributed by atoms with Gasteiger partial charge in [0.2, 0.25) is 0 Å². The molecule has 0 heteroatoms. The van der Waals surface area contributed by atoms with E-state index in [0.29, 0.717) is 0 Å². The van der Waals surface area contributed by atoms with Crippen molar-refractivity contribution in [3.8, 4) is 0 Å². The molecule has 0 radical (unpaired) electrons. The van der Waals surface area contributed by atoms with Crippen LogP contribution in [0, 0.1) is 76.9 Å². The van der Waals surface area contributed by atoms with Gasteiger partial charge in [0.15, 0.2) is 0 Å². The minimum Gasteiger partial charge on any atom is -0.0625 e. The molecule has 7 saturated carbocycles. The summed E-state index contributed by atoms with van der Waals surface area (Å²) in [6, 6.07) is 0.